The molecule has 1 unspecified atom stereocenters. The Morgan fingerprint density at radius 1 is 1.15 bits per heavy atom. The quantitative estimate of drug-likeness (QED) is 0.641. The molecule has 1 aliphatic heterocycles. The topological polar surface area (TPSA) is 76.4 Å². The first-order valence-electron chi connectivity index (χ1n) is 8.21. The fraction of sp³-hybridized carbons (Fsp3) is 0.278. The zero-order valence-corrected chi connectivity index (χ0v) is 15.3. The van der Waals surface area contributed by atoms with E-state index in [9.17, 15) is 14.8 Å². The lowest BCUT2D eigenvalue weighted by Gasteiger charge is -2.34. The van der Waals surface area contributed by atoms with E-state index < -0.39 is 6.04 Å². The highest BCUT2D eigenvalue weighted by Crippen LogP contribution is 2.27. The van der Waals surface area contributed by atoms with E-state index in [1.807, 2.05) is 0 Å². The number of carbonyl (C=O) groups is 2. The fourth-order valence-corrected chi connectivity index (χ4v) is 3.43. The van der Waals surface area contributed by atoms with Gasteiger partial charge in [0.15, 0.2) is 12.4 Å². The minimum Gasteiger partial charge on any atom is -0.619 e. The van der Waals surface area contributed by atoms with Crippen LogP contribution in [-0.2, 0) is 4.79 Å². The molecule has 1 atom stereocenters. The van der Waals surface area contributed by atoms with Gasteiger partial charge in [-0.3, -0.25) is 9.59 Å². The third-order valence-corrected chi connectivity index (χ3v) is 4.85. The average Bonchev–Trinajstić information content (AvgIpc) is 2.64. The lowest BCUT2D eigenvalue weighted by molar-refractivity contribution is -0.605. The van der Waals surface area contributed by atoms with E-state index >= 15 is 0 Å². The molecule has 1 N–H and O–H groups in total. The van der Waals surface area contributed by atoms with Crippen molar-refractivity contribution in [2.75, 3.05) is 11.9 Å². The number of aromatic nitrogens is 1. The van der Waals surface area contributed by atoms with Crippen LogP contribution in [0.1, 0.15) is 29.6 Å². The Bertz CT molecular complexity index is 827. The van der Waals surface area contributed by atoms with E-state index in [0.29, 0.717) is 39.0 Å². The van der Waals surface area contributed by atoms with Gasteiger partial charge in [-0.25, -0.2) is 0 Å². The second kappa shape index (κ2) is 7.93. The second-order valence-electron chi connectivity index (χ2n) is 6.07. The molecule has 2 amide bonds. The van der Waals surface area contributed by atoms with Gasteiger partial charge in [0.05, 0.1) is 16.3 Å². The van der Waals surface area contributed by atoms with Crippen LogP contribution in [0.3, 0.4) is 0 Å². The highest BCUT2D eigenvalue weighted by Gasteiger charge is 2.33. The van der Waals surface area contributed by atoms with Gasteiger partial charge in [0.1, 0.15) is 6.04 Å². The van der Waals surface area contributed by atoms with Gasteiger partial charge in [-0.1, -0.05) is 23.2 Å². The third kappa shape index (κ3) is 4.08. The summed E-state index contributed by atoms with van der Waals surface area (Å²) >= 11 is 12.0. The number of hydrogen-bond acceptors (Lipinski definition) is 3. The number of rotatable bonds is 3. The third-order valence-electron chi connectivity index (χ3n) is 4.30. The second-order valence-corrected chi connectivity index (χ2v) is 6.91. The minimum absolute atomic E-state index is 0.271. The molecule has 0 spiro atoms. The van der Waals surface area contributed by atoms with Crippen LogP contribution in [0.15, 0.2) is 42.7 Å². The maximum atomic E-state index is 12.8. The number of nitrogens with one attached hydrogen (secondary N) is 1. The summed E-state index contributed by atoms with van der Waals surface area (Å²) in [5.74, 6) is -0.565. The number of hydrogen-bond donors (Lipinski definition) is 1. The van der Waals surface area contributed by atoms with Crippen LogP contribution in [0.4, 0.5) is 5.69 Å². The van der Waals surface area contributed by atoms with E-state index in [1.54, 1.807) is 23.1 Å². The average molecular weight is 394 g/mol. The van der Waals surface area contributed by atoms with E-state index in [4.69, 9.17) is 23.2 Å². The highest BCUT2D eigenvalue weighted by atomic mass is 35.5. The number of anilines is 1. The smallest absolute Gasteiger partial charge is 0.254 e. The molecular weight excluding hydrogens is 377 g/mol. The Hall–Kier alpha value is -2.31. The molecule has 2 heterocycles. The Labute approximate surface area is 160 Å². The summed E-state index contributed by atoms with van der Waals surface area (Å²) in [5.41, 5.74) is 0.826. The lowest BCUT2D eigenvalue weighted by Crippen LogP contribution is -2.50. The first-order valence-corrected chi connectivity index (χ1v) is 8.97. The van der Waals surface area contributed by atoms with E-state index in [1.165, 1.54) is 24.5 Å². The van der Waals surface area contributed by atoms with Crippen molar-refractivity contribution in [3.05, 3.63) is 63.5 Å². The molecule has 3 rings (SSSR count). The van der Waals surface area contributed by atoms with Crippen LogP contribution >= 0.6 is 23.2 Å². The zero-order valence-electron chi connectivity index (χ0n) is 13.8. The highest BCUT2D eigenvalue weighted by molar-refractivity contribution is 6.36. The van der Waals surface area contributed by atoms with Crippen molar-refractivity contribution in [1.29, 1.82) is 0 Å². The van der Waals surface area contributed by atoms with Crippen molar-refractivity contribution in [1.82, 2.24) is 4.90 Å². The molecular formula is C18H17Cl2N3O3. The molecule has 1 saturated heterocycles. The van der Waals surface area contributed by atoms with Crippen molar-refractivity contribution in [3.63, 3.8) is 0 Å². The molecule has 1 aromatic carbocycles. The SMILES string of the molecule is O=C(Nc1ccc(Cl)cc1Cl)C1CCCCN1C(=O)c1cc[n+]([O-])cc1. The summed E-state index contributed by atoms with van der Waals surface area (Å²) in [5, 5.41) is 14.7. The molecule has 0 radical (unpaired) electrons. The Morgan fingerprint density at radius 2 is 1.88 bits per heavy atom. The summed E-state index contributed by atoms with van der Waals surface area (Å²) in [4.78, 5) is 27.1. The maximum absolute atomic E-state index is 12.8. The molecule has 1 aromatic heterocycles. The summed E-state index contributed by atoms with van der Waals surface area (Å²) in [6.45, 7) is 0.484. The lowest BCUT2D eigenvalue weighted by atomic mass is 10.00. The van der Waals surface area contributed by atoms with E-state index in [-0.39, 0.29) is 11.8 Å². The van der Waals surface area contributed by atoms with E-state index in [2.05, 4.69) is 5.32 Å². The van der Waals surface area contributed by atoms with Crippen LogP contribution < -0.4 is 10.0 Å². The van der Waals surface area contributed by atoms with Crippen molar-refractivity contribution in [2.45, 2.75) is 25.3 Å². The summed E-state index contributed by atoms with van der Waals surface area (Å²) in [6, 6.07) is 7.12. The van der Waals surface area contributed by atoms with Crippen LogP contribution in [0.25, 0.3) is 0 Å². The fourth-order valence-electron chi connectivity index (χ4n) is 2.98. The minimum atomic E-state index is -0.595. The van der Waals surface area contributed by atoms with Crippen LogP contribution in [0.5, 0.6) is 0 Å². The number of nitrogens with zero attached hydrogens (tertiary/aromatic N) is 2. The van der Waals surface area contributed by atoms with E-state index in [0.717, 1.165) is 12.8 Å². The number of amides is 2. The van der Waals surface area contributed by atoms with Gasteiger partial charge in [0, 0.05) is 23.7 Å². The Morgan fingerprint density at radius 3 is 2.58 bits per heavy atom. The summed E-state index contributed by atoms with van der Waals surface area (Å²) < 4.78 is 0.611. The Kier molecular flexibility index (Phi) is 5.64. The van der Waals surface area contributed by atoms with Gasteiger partial charge in [-0.2, -0.15) is 4.73 Å². The molecule has 26 heavy (non-hydrogen) atoms. The number of benzene rings is 1. The van der Waals surface area contributed by atoms with Crippen molar-refractivity contribution < 1.29 is 14.3 Å². The van der Waals surface area contributed by atoms with Crippen LogP contribution in [0.2, 0.25) is 10.0 Å². The van der Waals surface area contributed by atoms with Gasteiger partial charge in [-0.15, -0.1) is 0 Å². The number of pyridine rings is 1. The van der Waals surface area contributed by atoms with Crippen molar-refractivity contribution in [2.24, 2.45) is 0 Å². The van der Waals surface area contributed by atoms with Gasteiger partial charge in [0.25, 0.3) is 5.91 Å². The van der Waals surface area contributed by atoms with Gasteiger partial charge in [0.2, 0.25) is 5.91 Å². The zero-order chi connectivity index (χ0) is 18.7. The first kappa shape index (κ1) is 18.5. The Balaban J connectivity index is 1.78. The van der Waals surface area contributed by atoms with Crippen LogP contribution in [-0.4, -0.2) is 29.3 Å². The molecule has 136 valence electrons. The predicted molar refractivity (Wildman–Crippen MR) is 99.2 cm³/mol. The molecule has 2 aromatic rings. The molecule has 0 bridgehead atoms. The summed E-state index contributed by atoms with van der Waals surface area (Å²) in [6.07, 6.45) is 4.77. The maximum Gasteiger partial charge on any atom is 0.254 e. The van der Waals surface area contributed by atoms with Gasteiger partial charge in [-0.05, 0) is 37.5 Å². The molecule has 0 aliphatic carbocycles. The van der Waals surface area contributed by atoms with Gasteiger partial charge < -0.3 is 15.4 Å². The largest absolute Gasteiger partial charge is 0.619 e. The van der Waals surface area contributed by atoms with Crippen molar-refractivity contribution in [3.8, 4) is 0 Å². The van der Waals surface area contributed by atoms with Gasteiger partial charge >= 0.3 is 0 Å². The first-order chi connectivity index (χ1) is 12.5. The predicted octanol–water partition coefficient (Wildman–Crippen LogP) is 3.26. The van der Waals surface area contributed by atoms with Crippen molar-refractivity contribution >= 4 is 40.7 Å². The number of halogens is 2. The molecule has 8 heteroatoms. The molecule has 6 nitrogen and oxygen atoms in total. The number of likely N-dealkylation sites (tertiary alicyclic amines) is 1. The molecule has 1 fully saturated rings. The van der Waals surface area contributed by atoms with Crippen LogP contribution in [0, 0.1) is 5.21 Å². The molecule has 0 saturated carbocycles. The number of piperidine rings is 1. The normalized spacial score (nSPS) is 17.0. The standard InChI is InChI=1S/C18H17Cl2N3O3/c19-13-4-5-15(14(20)11-13)21-17(24)16-3-1-2-8-23(16)18(25)12-6-9-22(26)10-7-12/h4-7,9-11,16H,1-3,8H2,(H,21,24). The monoisotopic (exact) mass is 393 g/mol. The molecule has 1 aliphatic rings. The number of carbonyl (C=O) groups excluding carboxylic acids is 2. The summed E-state index contributed by atoms with van der Waals surface area (Å²) in [7, 11) is 0.